The molecule has 1 rings (SSSR count). The fraction of sp³-hybridized carbons (Fsp3) is 0.600. The highest BCUT2D eigenvalue weighted by Gasteiger charge is 2.04. The Kier molecular flexibility index (Phi) is 6.06. The van der Waals surface area contributed by atoms with Crippen molar-refractivity contribution >= 4 is 0 Å². The second-order valence-electron chi connectivity index (χ2n) is 4.70. The summed E-state index contributed by atoms with van der Waals surface area (Å²) in [4.78, 5) is 0. The lowest BCUT2D eigenvalue weighted by Gasteiger charge is -2.11. The zero-order valence-corrected chi connectivity index (χ0v) is 11.4. The third-order valence-electron chi connectivity index (χ3n) is 3.25. The number of rotatable bonds is 7. The summed E-state index contributed by atoms with van der Waals surface area (Å²) < 4.78 is 5.32. The molecule has 0 unspecified atom stereocenters. The molecule has 0 radical (unpaired) electrons. The molecule has 96 valence electrons. The van der Waals surface area contributed by atoms with Gasteiger partial charge in [0.15, 0.2) is 0 Å². The minimum absolute atomic E-state index is 0.820. The Morgan fingerprint density at radius 1 is 1.00 bits per heavy atom. The average molecular weight is 235 g/mol. The van der Waals surface area contributed by atoms with Gasteiger partial charge >= 0.3 is 0 Å². The van der Waals surface area contributed by atoms with Crippen LogP contribution in [0.5, 0.6) is 5.75 Å². The molecule has 0 saturated heterocycles. The maximum atomic E-state index is 5.48. The summed E-state index contributed by atoms with van der Waals surface area (Å²) in [7, 11) is 1.73. The van der Waals surface area contributed by atoms with Crippen molar-refractivity contribution in [3.8, 4) is 5.75 Å². The van der Waals surface area contributed by atoms with E-state index in [1.165, 1.54) is 42.4 Å². The standard InChI is InChI=1S/C15H25NO/c1-12-11-15(17-3)13(2)10-14(12)8-6-4-5-7-9-16/h10-11H,4-9,16H2,1-3H3. The van der Waals surface area contributed by atoms with Gasteiger partial charge < -0.3 is 10.5 Å². The third kappa shape index (κ3) is 4.39. The van der Waals surface area contributed by atoms with E-state index in [-0.39, 0.29) is 0 Å². The molecular formula is C15H25NO. The number of methoxy groups -OCH3 is 1. The number of aryl methyl sites for hydroxylation is 3. The van der Waals surface area contributed by atoms with Crippen molar-refractivity contribution in [2.75, 3.05) is 13.7 Å². The highest BCUT2D eigenvalue weighted by molar-refractivity contribution is 5.41. The third-order valence-corrected chi connectivity index (χ3v) is 3.25. The normalized spacial score (nSPS) is 10.6. The number of ether oxygens (including phenoxy) is 1. The van der Waals surface area contributed by atoms with Crippen molar-refractivity contribution in [3.63, 3.8) is 0 Å². The van der Waals surface area contributed by atoms with Crippen LogP contribution in [0.4, 0.5) is 0 Å². The first-order valence-electron chi connectivity index (χ1n) is 6.53. The molecule has 1 aromatic carbocycles. The molecule has 0 aliphatic carbocycles. The van der Waals surface area contributed by atoms with E-state index in [0.717, 1.165) is 18.7 Å². The summed E-state index contributed by atoms with van der Waals surface area (Å²) in [6.07, 6.45) is 6.11. The first kappa shape index (κ1) is 14.0. The lowest BCUT2D eigenvalue weighted by atomic mass is 9.99. The Labute approximate surface area is 105 Å². The molecule has 0 aliphatic heterocycles. The van der Waals surface area contributed by atoms with Crippen LogP contribution in [0.25, 0.3) is 0 Å². The molecule has 2 heteroatoms. The Balaban J connectivity index is 2.51. The molecule has 2 nitrogen and oxygen atoms in total. The molecule has 1 aromatic rings. The van der Waals surface area contributed by atoms with Crippen LogP contribution in [0.3, 0.4) is 0 Å². The molecule has 0 fully saturated rings. The molecule has 0 aromatic heterocycles. The summed E-state index contributed by atoms with van der Waals surface area (Å²) in [5, 5.41) is 0. The van der Waals surface area contributed by atoms with E-state index in [2.05, 4.69) is 26.0 Å². The van der Waals surface area contributed by atoms with Gasteiger partial charge in [0.1, 0.15) is 5.75 Å². The van der Waals surface area contributed by atoms with Crippen molar-refractivity contribution in [3.05, 3.63) is 28.8 Å². The smallest absolute Gasteiger partial charge is 0.122 e. The predicted octanol–water partition coefficient (Wildman–Crippen LogP) is 3.37. The Hall–Kier alpha value is -1.02. The average Bonchev–Trinajstić information content (AvgIpc) is 2.32. The van der Waals surface area contributed by atoms with Crippen LogP contribution >= 0.6 is 0 Å². The highest BCUT2D eigenvalue weighted by atomic mass is 16.5. The van der Waals surface area contributed by atoms with Crippen LogP contribution in [-0.2, 0) is 6.42 Å². The van der Waals surface area contributed by atoms with Gasteiger partial charge in [0.25, 0.3) is 0 Å². The molecule has 0 atom stereocenters. The fourth-order valence-electron chi connectivity index (χ4n) is 2.15. The first-order valence-corrected chi connectivity index (χ1v) is 6.53. The van der Waals surface area contributed by atoms with Gasteiger partial charge in [-0.25, -0.2) is 0 Å². The number of nitrogens with two attached hydrogens (primary N) is 1. The monoisotopic (exact) mass is 235 g/mol. The molecule has 0 amide bonds. The van der Waals surface area contributed by atoms with Gasteiger partial charge in [0, 0.05) is 0 Å². The van der Waals surface area contributed by atoms with Crippen LogP contribution < -0.4 is 10.5 Å². The number of unbranched alkanes of at least 4 members (excludes halogenated alkanes) is 3. The summed E-state index contributed by atoms with van der Waals surface area (Å²) in [6, 6.07) is 4.40. The maximum absolute atomic E-state index is 5.48. The van der Waals surface area contributed by atoms with E-state index in [1.54, 1.807) is 7.11 Å². The van der Waals surface area contributed by atoms with E-state index in [1.807, 2.05) is 0 Å². The zero-order valence-electron chi connectivity index (χ0n) is 11.4. The quantitative estimate of drug-likeness (QED) is 0.735. The molecule has 0 saturated carbocycles. The van der Waals surface area contributed by atoms with Crippen LogP contribution in [0.1, 0.15) is 42.4 Å². The van der Waals surface area contributed by atoms with Crippen molar-refractivity contribution < 1.29 is 4.74 Å². The van der Waals surface area contributed by atoms with Crippen molar-refractivity contribution in [1.82, 2.24) is 0 Å². The minimum Gasteiger partial charge on any atom is -0.496 e. The second-order valence-corrected chi connectivity index (χ2v) is 4.70. The van der Waals surface area contributed by atoms with Crippen molar-refractivity contribution in [1.29, 1.82) is 0 Å². The molecule has 0 spiro atoms. The molecule has 2 N–H and O–H groups in total. The highest BCUT2D eigenvalue weighted by Crippen LogP contribution is 2.23. The molecular weight excluding hydrogens is 210 g/mol. The minimum atomic E-state index is 0.820. The topological polar surface area (TPSA) is 35.2 Å². The van der Waals surface area contributed by atoms with Crippen LogP contribution in [-0.4, -0.2) is 13.7 Å². The predicted molar refractivity (Wildman–Crippen MR) is 73.7 cm³/mol. The van der Waals surface area contributed by atoms with Crippen LogP contribution in [0.2, 0.25) is 0 Å². The fourth-order valence-corrected chi connectivity index (χ4v) is 2.15. The molecule has 0 bridgehead atoms. The summed E-state index contributed by atoms with van der Waals surface area (Å²) >= 11 is 0. The first-order chi connectivity index (χ1) is 8.19. The van der Waals surface area contributed by atoms with Gasteiger partial charge in [-0.2, -0.15) is 0 Å². The molecule has 0 aliphatic rings. The lowest BCUT2D eigenvalue weighted by Crippen LogP contribution is -1.98. The van der Waals surface area contributed by atoms with Crippen molar-refractivity contribution in [2.24, 2.45) is 5.73 Å². The van der Waals surface area contributed by atoms with Crippen LogP contribution in [0.15, 0.2) is 12.1 Å². The number of hydrogen-bond acceptors (Lipinski definition) is 2. The summed E-state index contributed by atoms with van der Waals surface area (Å²) in [6.45, 7) is 5.09. The van der Waals surface area contributed by atoms with Gasteiger partial charge in [-0.1, -0.05) is 18.9 Å². The van der Waals surface area contributed by atoms with Gasteiger partial charge in [-0.15, -0.1) is 0 Å². The number of hydrogen-bond donors (Lipinski definition) is 1. The molecule has 17 heavy (non-hydrogen) atoms. The Morgan fingerprint density at radius 3 is 2.35 bits per heavy atom. The largest absolute Gasteiger partial charge is 0.496 e. The lowest BCUT2D eigenvalue weighted by molar-refractivity contribution is 0.411. The van der Waals surface area contributed by atoms with E-state index in [0.29, 0.717) is 0 Å². The van der Waals surface area contributed by atoms with Gasteiger partial charge in [0.2, 0.25) is 0 Å². The zero-order chi connectivity index (χ0) is 12.7. The maximum Gasteiger partial charge on any atom is 0.122 e. The Morgan fingerprint density at radius 2 is 1.71 bits per heavy atom. The summed E-state index contributed by atoms with van der Waals surface area (Å²) in [5.74, 6) is 0.995. The number of benzene rings is 1. The van der Waals surface area contributed by atoms with E-state index >= 15 is 0 Å². The van der Waals surface area contributed by atoms with Crippen molar-refractivity contribution in [2.45, 2.75) is 46.0 Å². The SMILES string of the molecule is COc1cc(C)c(CCCCCCN)cc1C. The summed E-state index contributed by atoms with van der Waals surface area (Å²) in [5.41, 5.74) is 9.51. The van der Waals surface area contributed by atoms with Gasteiger partial charge in [-0.05, 0) is 62.4 Å². The van der Waals surface area contributed by atoms with Gasteiger partial charge in [0.05, 0.1) is 7.11 Å². The van der Waals surface area contributed by atoms with Crippen LogP contribution in [0, 0.1) is 13.8 Å². The Bertz CT molecular complexity index is 347. The van der Waals surface area contributed by atoms with E-state index in [9.17, 15) is 0 Å². The van der Waals surface area contributed by atoms with E-state index < -0.39 is 0 Å². The van der Waals surface area contributed by atoms with E-state index in [4.69, 9.17) is 10.5 Å². The molecule has 0 heterocycles. The second kappa shape index (κ2) is 7.33. The van der Waals surface area contributed by atoms with Gasteiger partial charge in [-0.3, -0.25) is 0 Å².